The van der Waals surface area contributed by atoms with Crippen LogP contribution >= 0.6 is 15.9 Å². The van der Waals surface area contributed by atoms with Crippen LogP contribution in [-0.4, -0.2) is 25.1 Å². The lowest BCUT2D eigenvalue weighted by atomic mass is 10.3. The predicted octanol–water partition coefficient (Wildman–Crippen LogP) is 2.51. The van der Waals surface area contributed by atoms with Gasteiger partial charge in [-0.1, -0.05) is 12.6 Å². The molecule has 0 aliphatic carbocycles. The number of hydrogen-bond donors (Lipinski definition) is 1. The van der Waals surface area contributed by atoms with Crippen molar-refractivity contribution in [1.29, 1.82) is 0 Å². The second-order valence-electron chi connectivity index (χ2n) is 3.42. The maximum Gasteiger partial charge on any atom is 0.287 e. The van der Waals surface area contributed by atoms with Gasteiger partial charge in [-0.05, 0) is 34.6 Å². The number of nitro groups is 1. The van der Waals surface area contributed by atoms with Crippen molar-refractivity contribution < 1.29 is 9.66 Å². The maximum absolute atomic E-state index is 10.7. The van der Waals surface area contributed by atoms with Crippen LogP contribution in [0, 0.1) is 10.1 Å². The minimum Gasteiger partial charge on any atom is -0.488 e. The largest absolute Gasteiger partial charge is 0.488 e. The lowest BCUT2D eigenvalue weighted by molar-refractivity contribution is -0.385. The minimum atomic E-state index is -0.459. The molecule has 1 N–H and O–H groups in total. The van der Waals surface area contributed by atoms with Crippen molar-refractivity contribution in [1.82, 2.24) is 5.32 Å². The van der Waals surface area contributed by atoms with Crippen molar-refractivity contribution in [3.05, 3.63) is 44.9 Å². The Morgan fingerprint density at radius 2 is 2.35 bits per heavy atom. The predicted molar refractivity (Wildman–Crippen MR) is 69.4 cm³/mol. The number of nitrogens with zero attached hydrogens (tertiary/aromatic N) is 1. The zero-order valence-corrected chi connectivity index (χ0v) is 11.0. The summed E-state index contributed by atoms with van der Waals surface area (Å²) in [5.74, 6) is 0.441. The van der Waals surface area contributed by atoms with Crippen LogP contribution in [-0.2, 0) is 0 Å². The Morgan fingerprint density at radius 1 is 1.65 bits per heavy atom. The van der Waals surface area contributed by atoms with Crippen LogP contribution in [0.5, 0.6) is 5.75 Å². The number of halogens is 1. The molecule has 0 saturated heterocycles. The van der Waals surface area contributed by atoms with Gasteiger partial charge in [-0.3, -0.25) is 10.1 Å². The van der Waals surface area contributed by atoms with Gasteiger partial charge in [0.15, 0.2) is 0 Å². The van der Waals surface area contributed by atoms with Gasteiger partial charge in [-0.25, -0.2) is 0 Å². The van der Waals surface area contributed by atoms with Crippen molar-refractivity contribution in [2.24, 2.45) is 0 Å². The first-order valence-corrected chi connectivity index (χ1v) is 5.72. The van der Waals surface area contributed by atoms with Crippen LogP contribution in [0.4, 0.5) is 5.69 Å². The SMILES string of the molecule is C=C(CNC)COc1cccc([N+](=O)[O-])c1Br. The first-order chi connectivity index (χ1) is 8.06. The monoisotopic (exact) mass is 300 g/mol. The van der Waals surface area contributed by atoms with Gasteiger partial charge in [0.1, 0.15) is 16.8 Å². The number of benzene rings is 1. The number of ether oxygens (including phenoxy) is 1. The van der Waals surface area contributed by atoms with Crippen LogP contribution in [0.25, 0.3) is 0 Å². The van der Waals surface area contributed by atoms with Crippen LogP contribution in [0.15, 0.2) is 34.8 Å². The Morgan fingerprint density at radius 3 is 2.94 bits per heavy atom. The van der Waals surface area contributed by atoms with Crippen LogP contribution in [0.1, 0.15) is 0 Å². The standard InChI is InChI=1S/C11H13BrN2O3/c1-8(6-13-2)7-17-10-5-3-4-9(11(10)12)14(15)16/h3-5,13H,1,6-7H2,2H3. The first-order valence-electron chi connectivity index (χ1n) is 4.93. The third kappa shape index (κ3) is 3.83. The molecule has 0 bridgehead atoms. The number of hydrogen-bond acceptors (Lipinski definition) is 4. The molecule has 0 saturated carbocycles. The van der Waals surface area contributed by atoms with E-state index in [-0.39, 0.29) is 5.69 Å². The molecule has 1 aromatic rings. The Labute approximate surface area is 108 Å². The molecule has 0 radical (unpaired) electrons. The smallest absolute Gasteiger partial charge is 0.287 e. The maximum atomic E-state index is 10.7. The lowest BCUT2D eigenvalue weighted by Crippen LogP contribution is -2.14. The highest BCUT2D eigenvalue weighted by Gasteiger charge is 2.15. The van der Waals surface area contributed by atoms with E-state index >= 15 is 0 Å². The van der Waals surface area contributed by atoms with Crippen molar-refractivity contribution in [2.45, 2.75) is 0 Å². The molecule has 92 valence electrons. The molecule has 0 amide bonds. The highest BCUT2D eigenvalue weighted by molar-refractivity contribution is 9.10. The second kappa shape index (κ2) is 6.36. The van der Waals surface area contributed by atoms with Crippen LogP contribution < -0.4 is 10.1 Å². The molecule has 0 fully saturated rings. The van der Waals surface area contributed by atoms with E-state index in [2.05, 4.69) is 27.8 Å². The van der Waals surface area contributed by atoms with Crippen LogP contribution in [0.3, 0.4) is 0 Å². The summed E-state index contributed by atoms with van der Waals surface area (Å²) in [7, 11) is 1.81. The molecule has 0 atom stereocenters. The Balaban J connectivity index is 2.75. The molecular formula is C11H13BrN2O3. The Kier molecular flexibility index (Phi) is 5.11. The second-order valence-corrected chi connectivity index (χ2v) is 4.21. The van der Waals surface area contributed by atoms with Gasteiger partial charge in [0.05, 0.1) is 4.92 Å². The van der Waals surface area contributed by atoms with Gasteiger partial charge in [-0.2, -0.15) is 0 Å². The fourth-order valence-corrected chi connectivity index (χ4v) is 1.76. The molecule has 17 heavy (non-hydrogen) atoms. The van der Waals surface area contributed by atoms with E-state index in [1.807, 2.05) is 7.05 Å². The summed E-state index contributed by atoms with van der Waals surface area (Å²) < 4.78 is 5.80. The summed E-state index contributed by atoms with van der Waals surface area (Å²) >= 11 is 3.16. The minimum absolute atomic E-state index is 0.0123. The van der Waals surface area contributed by atoms with Gasteiger partial charge in [0, 0.05) is 12.6 Å². The summed E-state index contributed by atoms with van der Waals surface area (Å²) in [5, 5.41) is 13.7. The molecule has 0 aliphatic rings. The third-order valence-electron chi connectivity index (χ3n) is 2.00. The molecule has 0 aromatic heterocycles. The number of nitro benzene ring substituents is 1. The highest BCUT2D eigenvalue weighted by Crippen LogP contribution is 2.33. The van der Waals surface area contributed by atoms with Crippen molar-refractivity contribution in [3.8, 4) is 5.75 Å². The molecule has 1 rings (SSSR count). The van der Waals surface area contributed by atoms with E-state index in [4.69, 9.17) is 4.74 Å². The first kappa shape index (κ1) is 13.7. The molecule has 5 nitrogen and oxygen atoms in total. The normalized spacial score (nSPS) is 10.0. The van der Waals surface area contributed by atoms with Gasteiger partial charge in [-0.15, -0.1) is 0 Å². The quantitative estimate of drug-likeness (QED) is 0.498. The van der Waals surface area contributed by atoms with Gasteiger partial charge in [0.25, 0.3) is 5.69 Å². The van der Waals surface area contributed by atoms with Crippen molar-refractivity contribution >= 4 is 21.6 Å². The molecule has 0 unspecified atom stereocenters. The molecule has 1 aromatic carbocycles. The molecular weight excluding hydrogens is 288 g/mol. The van der Waals surface area contributed by atoms with E-state index in [0.717, 1.165) is 5.57 Å². The van der Waals surface area contributed by atoms with Crippen LogP contribution in [0.2, 0.25) is 0 Å². The third-order valence-corrected chi connectivity index (χ3v) is 2.80. The van der Waals surface area contributed by atoms with E-state index in [9.17, 15) is 10.1 Å². The molecule has 0 aliphatic heterocycles. The fraction of sp³-hybridized carbons (Fsp3) is 0.273. The molecule has 0 heterocycles. The van der Waals surface area contributed by atoms with Crippen molar-refractivity contribution in [2.75, 3.05) is 20.2 Å². The zero-order chi connectivity index (χ0) is 12.8. The summed E-state index contributed by atoms with van der Waals surface area (Å²) in [6.45, 7) is 4.78. The summed E-state index contributed by atoms with van der Waals surface area (Å²) in [4.78, 5) is 10.2. The average molecular weight is 301 g/mol. The lowest BCUT2D eigenvalue weighted by Gasteiger charge is -2.09. The van der Waals surface area contributed by atoms with E-state index in [1.165, 1.54) is 6.07 Å². The topological polar surface area (TPSA) is 64.4 Å². The summed E-state index contributed by atoms with van der Waals surface area (Å²) in [6.07, 6.45) is 0. The number of rotatable bonds is 6. The van der Waals surface area contributed by atoms with E-state index < -0.39 is 4.92 Å². The molecule has 0 spiro atoms. The average Bonchev–Trinajstić information content (AvgIpc) is 2.27. The van der Waals surface area contributed by atoms with E-state index in [0.29, 0.717) is 23.4 Å². The summed E-state index contributed by atoms with van der Waals surface area (Å²) in [6, 6.07) is 4.67. The van der Waals surface area contributed by atoms with Gasteiger partial charge >= 0.3 is 0 Å². The van der Waals surface area contributed by atoms with Crippen molar-refractivity contribution in [3.63, 3.8) is 0 Å². The van der Waals surface area contributed by atoms with Gasteiger partial charge < -0.3 is 10.1 Å². The van der Waals surface area contributed by atoms with E-state index in [1.54, 1.807) is 12.1 Å². The molecule has 6 heteroatoms. The number of likely N-dealkylation sites (N-methyl/N-ethyl adjacent to an activating group) is 1. The number of nitrogens with one attached hydrogen (secondary N) is 1. The zero-order valence-electron chi connectivity index (χ0n) is 9.40. The Bertz CT molecular complexity index is 435. The fourth-order valence-electron chi connectivity index (χ4n) is 1.23. The van der Waals surface area contributed by atoms with Gasteiger partial charge in [0.2, 0.25) is 0 Å². The highest BCUT2D eigenvalue weighted by atomic mass is 79.9. The summed E-state index contributed by atoms with van der Waals surface area (Å²) in [5.41, 5.74) is 0.854. The Hall–Kier alpha value is -1.40.